The second kappa shape index (κ2) is 3.94. The van der Waals surface area contributed by atoms with E-state index in [0.29, 0.717) is 0 Å². The highest BCUT2D eigenvalue weighted by Gasteiger charge is 2.29. The van der Waals surface area contributed by atoms with Gasteiger partial charge in [0.1, 0.15) is 6.04 Å². The maximum atomic E-state index is 11.1. The lowest BCUT2D eigenvalue weighted by Gasteiger charge is -2.29. The lowest BCUT2D eigenvalue weighted by molar-refractivity contribution is -0.140. The third kappa shape index (κ3) is 1.92. The van der Waals surface area contributed by atoms with E-state index < -0.39 is 12.0 Å². The summed E-state index contributed by atoms with van der Waals surface area (Å²) in [6.45, 7) is 2.00. The van der Waals surface area contributed by atoms with Crippen molar-refractivity contribution in [3.05, 3.63) is 33.8 Å². The van der Waals surface area contributed by atoms with Crippen molar-refractivity contribution in [1.29, 1.82) is 0 Å². The number of hydrogen-bond acceptors (Lipinski definition) is 2. The standard InChI is InChI=1S/C11H12BrNO2/c1-6-5-8-7(3-2-4-9(8)12)10(13-6)11(14)15/h2-4,6,10,13H,5H2,1H3,(H,14,15). The smallest absolute Gasteiger partial charge is 0.325 e. The molecule has 1 aromatic rings. The van der Waals surface area contributed by atoms with Crippen molar-refractivity contribution in [2.24, 2.45) is 0 Å². The van der Waals surface area contributed by atoms with Gasteiger partial charge in [-0.1, -0.05) is 28.1 Å². The average molecular weight is 270 g/mol. The molecule has 0 spiro atoms. The number of carbonyl (C=O) groups is 1. The van der Waals surface area contributed by atoms with Gasteiger partial charge in [0.15, 0.2) is 0 Å². The van der Waals surface area contributed by atoms with Gasteiger partial charge in [0.05, 0.1) is 0 Å². The number of hydrogen-bond donors (Lipinski definition) is 2. The van der Waals surface area contributed by atoms with Gasteiger partial charge in [0.2, 0.25) is 0 Å². The van der Waals surface area contributed by atoms with Gasteiger partial charge < -0.3 is 5.11 Å². The van der Waals surface area contributed by atoms with E-state index in [1.54, 1.807) is 0 Å². The van der Waals surface area contributed by atoms with Gasteiger partial charge in [0.25, 0.3) is 0 Å². The molecule has 1 heterocycles. The van der Waals surface area contributed by atoms with Crippen LogP contribution in [0.15, 0.2) is 22.7 Å². The van der Waals surface area contributed by atoms with E-state index in [0.717, 1.165) is 22.0 Å². The van der Waals surface area contributed by atoms with Crippen LogP contribution in [0.1, 0.15) is 24.1 Å². The number of benzene rings is 1. The van der Waals surface area contributed by atoms with Crippen LogP contribution in [-0.2, 0) is 11.2 Å². The maximum absolute atomic E-state index is 11.1. The number of carboxylic acid groups (broad SMARTS) is 1. The molecule has 15 heavy (non-hydrogen) atoms. The molecule has 0 saturated carbocycles. The Labute approximate surface area is 96.6 Å². The molecule has 2 atom stereocenters. The van der Waals surface area contributed by atoms with Gasteiger partial charge in [0, 0.05) is 10.5 Å². The Balaban J connectivity index is 2.51. The molecular formula is C11H12BrNO2. The Morgan fingerprint density at radius 3 is 3.00 bits per heavy atom. The van der Waals surface area contributed by atoms with Gasteiger partial charge in [-0.25, -0.2) is 0 Å². The Hall–Kier alpha value is -0.870. The molecule has 0 fully saturated rings. The number of carboxylic acids is 1. The molecule has 2 rings (SSSR count). The van der Waals surface area contributed by atoms with E-state index in [1.165, 1.54) is 0 Å². The molecule has 3 nitrogen and oxygen atoms in total. The molecule has 0 saturated heterocycles. The molecule has 1 aliphatic heterocycles. The van der Waals surface area contributed by atoms with Crippen LogP contribution in [0, 0.1) is 0 Å². The van der Waals surface area contributed by atoms with Crippen molar-refractivity contribution < 1.29 is 9.90 Å². The van der Waals surface area contributed by atoms with Crippen LogP contribution in [0.5, 0.6) is 0 Å². The molecule has 2 unspecified atom stereocenters. The molecule has 0 bridgehead atoms. The topological polar surface area (TPSA) is 49.3 Å². The summed E-state index contributed by atoms with van der Waals surface area (Å²) < 4.78 is 1.000. The summed E-state index contributed by atoms with van der Waals surface area (Å²) >= 11 is 3.47. The summed E-state index contributed by atoms with van der Waals surface area (Å²) in [5.41, 5.74) is 1.98. The van der Waals surface area contributed by atoms with Crippen molar-refractivity contribution in [1.82, 2.24) is 5.32 Å². The first-order chi connectivity index (χ1) is 7.09. The Morgan fingerprint density at radius 1 is 1.60 bits per heavy atom. The highest BCUT2D eigenvalue weighted by molar-refractivity contribution is 9.10. The molecule has 80 valence electrons. The molecule has 0 amide bonds. The molecular weight excluding hydrogens is 258 g/mol. The second-order valence-electron chi connectivity index (χ2n) is 3.85. The van der Waals surface area contributed by atoms with Gasteiger partial charge in [-0.2, -0.15) is 0 Å². The van der Waals surface area contributed by atoms with Crippen LogP contribution in [0.3, 0.4) is 0 Å². The second-order valence-corrected chi connectivity index (χ2v) is 4.71. The first kappa shape index (κ1) is 10.6. The minimum Gasteiger partial charge on any atom is -0.480 e. The van der Waals surface area contributed by atoms with Gasteiger partial charge >= 0.3 is 5.97 Å². The third-order valence-corrected chi connectivity index (χ3v) is 3.42. The molecule has 0 aromatic heterocycles. The fourth-order valence-electron chi connectivity index (χ4n) is 2.00. The van der Waals surface area contributed by atoms with Crippen LogP contribution in [0.4, 0.5) is 0 Å². The fourth-order valence-corrected chi connectivity index (χ4v) is 2.55. The van der Waals surface area contributed by atoms with Crippen LogP contribution in [0.25, 0.3) is 0 Å². The minimum atomic E-state index is -0.819. The third-order valence-electron chi connectivity index (χ3n) is 2.67. The van der Waals surface area contributed by atoms with Crippen molar-refractivity contribution >= 4 is 21.9 Å². The lowest BCUT2D eigenvalue weighted by Crippen LogP contribution is -2.41. The molecule has 4 heteroatoms. The number of nitrogens with one attached hydrogen (secondary N) is 1. The zero-order valence-electron chi connectivity index (χ0n) is 8.33. The van der Waals surface area contributed by atoms with E-state index in [-0.39, 0.29) is 6.04 Å². The molecule has 1 aliphatic rings. The summed E-state index contributed by atoms with van der Waals surface area (Å²) in [6.07, 6.45) is 0.862. The average Bonchev–Trinajstić information content (AvgIpc) is 2.18. The van der Waals surface area contributed by atoms with Crippen LogP contribution < -0.4 is 5.32 Å². The number of rotatable bonds is 1. The van der Waals surface area contributed by atoms with Crippen LogP contribution in [-0.4, -0.2) is 17.1 Å². The molecule has 0 radical (unpaired) electrons. The van der Waals surface area contributed by atoms with Crippen molar-refractivity contribution in [3.8, 4) is 0 Å². The predicted molar refractivity (Wildman–Crippen MR) is 60.8 cm³/mol. The van der Waals surface area contributed by atoms with Gasteiger partial charge in [-0.05, 0) is 30.5 Å². The fraction of sp³-hybridized carbons (Fsp3) is 0.364. The first-order valence-corrected chi connectivity index (χ1v) is 5.65. The minimum absolute atomic E-state index is 0.192. The van der Waals surface area contributed by atoms with Gasteiger partial charge in [-0.15, -0.1) is 0 Å². The highest BCUT2D eigenvalue weighted by Crippen LogP contribution is 2.30. The summed E-state index contributed by atoms with van der Waals surface area (Å²) in [6, 6.07) is 5.31. The number of aliphatic carboxylic acids is 1. The molecule has 1 aromatic carbocycles. The normalized spacial score (nSPS) is 24.7. The molecule has 0 aliphatic carbocycles. The van der Waals surface area contributed by atoms with Crippen molar-refractivity contribution in [3.63, 3.8) is 0 Å². The first-order valence-electron chi connectivity index (χ1n) is 4.85. The van der Waals surface area contributed by atoms with E-state index in [4.69, 9.17) is 5.11 Å². The van der Waals surface area contributed by atoms with E-state index >= 15 is 0 Å². The van der Waals surface area contributed by atoms with Crippen LogP contribution in [0.2, 0.25) is 0 Å². The largest absolute Gasteiger partial charge is 0.480 e. The maximum Gasteiger partial charge on any atom is 0.325 e. The Morgan fingerprint density at radius 2 is 2.33 bits per heavy atom. The highest BCUT2D eigenvalue weighted by atomic mass is 79.9. The predicted octanol–water partition coefficient (Wildman–Crippen LogP) is 2.11. The van der Waals surface area contributed by atoms with Crippen molar-refractivity contribution in [2.75, 3.05) is 0 Å². The zero-order chi connectivity index (χ0) is 11.0. The van der Waals surface area contributed by atoms with E-state index in [9.17, 15) is 4.79 Å². The summed E-state index contributed by atoms with van der Waals surface area (Å²) in [5.74, 6) is -0.819. The number of fused-ring (bicyclic) bond motifs is 1. The van der Waals surface area contributed by atoms with E-state index in [1.807, 2.05) is 25.1 Å². The Bertz CT molecular complexity index is 406. The lowest BCUT2D eigenvalue weighted by atomic mass is 9.91. The van der Waals surface area contributed by atoms with Gasteiger partial charge in [-0.3, -0.25) is 10.1 Å². The van der Waals surface area contributed by atoms with Crippen molar-refractivity contribution in [2.45, 2.75) is 25.4 Å². The number of halogens is 1. The van der Waals surface area contributed by atoms with Crippen LogP contribution >= 0.6 is 15.9 Å². The quantitative estimate of drug-likeness (QED) is 0.821. The summed E-state index contributed by atoms with van der Waals surface area (Å²) in [5, 5.41) is 12.2. The van der Waals surface area contributed by atoms with E-state index in [2.05, 4.69) is 21.2 Å². The summed E-state index contributed by atoms with van der Waals surface area (Å²) in [7, 11) is 0. The molecule has 2 N–H and O–H groups in total. The summed E-state index contributed by atoms with van der Waals surface area (Å²) in [4.78, 5) is 11.1. The zero-order valence-corrected chi connectivity index (χ0v) is 9.91. The SMILES string of the molecule is CC1Cc2c(Br)cccc2C(C(=O)O)N1. The Kier molecular flexibility index (Phi) is 2.80. The monoisotopic (exact) mass is 269 g/mol.